The number of ether oxygens (including phenoxy) is 2. The van der Waals surface area contributed by atoms with Gasteiger partial charge in [-0.3, -0.25) is 0 Å². The van der Waals surface area contributed by atoms with E-state index in [1.54, 1.807) is 19.2 Å². The van der Waals surface area contributed by atoms with Crippen LogP contribution in [0.3, 0.4) is 0 Å². The molecule has 0 saturated heterocycles. The number of hydrogen-bond acceptors (Lipinski definition) is 4. The lowest BCUT2D eigenvalue weighted by atomic mass is 10.1. The van der Waals surface area contributed by atoms with Crippen molar-refractivity contribution in [1.29, 1.82) is 0 Å². The molecule has 0 spiro atoms. The molecule has 0 amide bonds. The second-order valence-corrected chi connectivity index (χ2v) is 7.52. The molecule has 0 atom stereocenters. The molecule has 0 aliphatic heterocycles. The molecule has 0 bridgehead atoms. The quantitative estimate of drug-likeness (QED) is 0.776. The van der Waals surface area contributed by atoms with Crippen LogP contribution in [0.2, 0.25) is 0 Å². The van der Waals surface area contributed by atoms with Crippen molar-refractivity contribution in [2.24, 2.45) is 0 Å². The molecule has 0 fully saturated rings. The molecule has 0 saturated carbocycles. The van der Waals surface area contributed by atoms with Crippen LogP contribution in [0.25, 0.3) is 0 Å². The van der Waals surface area contributed by atoms with Crippen LogP contribution in [0, 0.1) is 0 Å². The average Bonchev–Trinajstić information content (AvgIpc) is 2.54. The third kappa shape index (κ3) is 4.78. The average molecular weight is 400 g/mol. The lowest BCUT2D eigenvalue weighted by Gasteiger charge is -2.11. The summed E-state index contributed by atoms with van der Waals surface area (Å²) in [5, 5.41) is 0. The maximum Gasteiger partial charge on any atom is 0.244 e. The van der Waals surface area contributed by atoms with Gasteiger partial charge in [-0.2, -0.15) is 0 Å². The van der Waals surface area contributed by atoms with Crippen LogP contribution in [0.15, 0.2) is 51.8 Å². The van der Waals surface area contributed by atoms with Crippen molar-refractivity contribution in [3.05, 3.63) is 58.1 Å². The molecular weight excluding hydrogens is 382 g/mol. The number of hydrogen-bond donors (Lipinski definition) is 1. The maximum atomic E-state index is 12.5. The van der Waals surface area contributed by atoms with Crippen molar-refractivity contribution in [3.8, 4) is 5.75 Å². The Labute approximate surface area is 144 Å². The van der Waals surface area contributed by atoms with Crippen molar-refractivity contribution >= 4 is 26.0 Å². The Morgan fingerprint density at radius 2 is 1.83 bits per heavy atom. The topological polar surface area (TPSA) is 64.6 Å². The van der Waals surface area contributed by atoms with Gasteiger partial charge in [-0.25, -0.2) is 13.1 Å². The monoisotopic (exact) mass is 399 g/mol. The summed E-state index contributed by atoms with van der Waals surface area (Å²) in [5.74, 6) is 0.300. The predicted molar refractivity (Wildman–Crippen MR) is 91.9 cm³/mol. The number of rotatable bonds is 7. The molecule has 2 aromatic rings. The van der Waals surface area contributed by atoms with Crippen LogP contribution in [-0.4, -0.2) is 22.6 Å². The SMILES string of the molecule is COCc1cccc(CNS(=O)(=O)c2cc(Br)ccc2OC)c1. The summed E-state index contributed by atoms with van der Waals surface area (Å²) in [4.78, 5) is 0.0995. The lowest BCUT2D eigenvalue weighted by molar-refractivity contribution is 0.185. The molecule has 2 rings (SSSR count). The van der Waals surface area contributed by atoms with E-state index in [-0.39, 0.29) is 11.4 Å². The zero-order chi connectivity index (χ0) is 16.9. The van der Waals surface area contributed by atoms with E-state index in [9.17, 15) is 8.42 Å². The third-order valence-corrected chi connectivity index (χ3v) is 5.10. The van der Waals surface area contributed by atoms with Gasteiger partial charge < -0.3 is 9.47 Å². The van der Waals surface area contributed by atoms with Gasteiger partial charge >= 0.3 is 0 Å². The number of nitrogens with one attached hydrogen (secondary N) is 1. The summed E-state index contributed by atoms with van der Waals surface area (Å²) in [7, 11) is -0.624. The van der Waals surface area contributed by atoms with Crippen LogP contribution in [-0.2, 0) is 27.9 Å². The molecule has 0 unspecified atom stereocenters. The Morgan fingerprint density at radius 3 is 2.52 bits per heavy atom. The summed E-state index contributed by atoms with van der Waals surface area (Å²) >= 11 is 3.28. The predicted octanol–water partition coefficient (Wildman–Crippen LogP) is 3.08. The molecule has 5 nitrogen and oxygen atoms in total. The Balaban J connectivity index is 2.19. The molecule has 1 N–H and O–H groups in total. The Kier molecular flexibility index (Phi) is 6.17. The second-order valence-electron chi connectivity index (χ2n) is 4.87. The minimum atomic E-state index is -3.69. The van der Waals surface area contributed by atoms with E-state index in [0.29, 0.717) is 16.8 Å². The highest BCUT2D eigenvalue weighted by Crippen LogP contribution is 2.27. The van der Waals surface area contributed by atoms with E-state index >= 15 is 0 Å². The fourth-order valence-electron chi connectivity index (χ4n) is 2.11. The van der Waals surface area contributed by atoms with E-state index in [4.69, 9.17) is 9.47 Å². The Hall–Kier alpha value is -1.41. The smallest absolute Gasteiger partial charge is 0.244 e. The first-order valence-electron chi connectivity index (χ1n) is 6.86. The van der Waals surface area contributed by atoms with E-state index in [0.717, 1.165) is 11.1 Å². The minimum Gasteiger partial charge on any atom is -0.495 e. The van der Waals surface area contributed by atoms with Crippen LogP contribution < -0.4 is 9.46 Å². The Bertz CT molecular complexity index is 777. The first-order valence-corrected chi connectivity index (χ1v) is 9.14. The number of halogens is 1. The highest BCUT2D eigenvalue weighted by atomic mass is 79.9. The number of sulfonamides is 1. The summed E-state index contributed by atoms with van der Waals surface area (Å²) in [6.07, 6.45) is 0. The molecule has 124 valence electrons. The van der Waals surface area contributed by atoms with Crippen molar-refractivity contribution < 1.29 is 17.9 Å². The molecular formula is C16H18BrNO4S. The van der Waals surface area contributed by atoms with Gasteiger partial charge in [-0.05, 0) is 29.3 Å². The fourth-order valence-corrected chi connectivity index (χ4v) is 3.84. The van der Waals surface area contributed by atoms with Crippen LogP contribution in [0.1, 0.15) is 11.1 Å². The van der Waals surface area contributed by atoms with Crippen LogP contribution in [0.5, 0.6) is 5.75 Å². The highest BCUT2D eigenvalue weighted by Gasteiger charge is 2.19. The van der Waals surface area contributed by atoms with Gasteiger partial charge in [0.15, 0.2) is 0 Å². The van der Waals surface area contributed by atoms with Gasteiger partial charge in [0.1, 0.15) is 10.6 Å². The Morgan fingerprint density at radius 1 is 1.09 bits per heavy atom. The number of methoxy groups -OCH3 is 2. The fraction of sp³-hybridized carbons (Fsp3) is 0.250. The summed E-state index contributed by atoms with van der Waals surface area (Å²) in [6.45, 7) is 0.676. The first-order chi connectivity index (χ1) is 11.0. The minimum absolute atomic E-state index is 0.0995. The highest BCUT2D eigenvalue weighted by molar-refractivity contribution is 9.10. The maximum absolute atomic E-state index is 12.5. The van der Waals surface area contributed by atoms with Gasteiger partial charge in [0, 0.05) is 18.1 Å². The lowest BCUT2D eigenvalue weighted by Crippen LogP contribution is -2.23. The molecule has 0 heterocycles. The standard InChI is InChI=1S/C16H18BrNO4S/c1-21-11-13-5-3-4-12(8-13)10-18-23(19,20)16-9-14(17)6-7-15(16)22-2/h3-9,18H,10-11H2,1-2H3. The second kappa shape index (κ2) is 7.92. The molecule has 2 aromatic carbocycles. The molecule has 23 heavy (non-hydrogen) atoms. The summed E-state index contributed by atoms with van der Waals surface area (Å²) < 4.78 is 38.5. The van der Waals surface area contributed by atoms with Crippen molar-refractivity contribution in [3.63, 3.8) is 0 Å². The van der Waals surface area contributed by atoms with Crippen LogP contribution >= 0.6 is 15.9 Å². The molecule has 0 aliphatic carbocycles. The summed E-state index contributed by atoms with van der Waals surface area (Å²) in [5.41, 5.74) is 1.85. The zero-order valence-corrected chi connectivity index (χ0v) is 15.3. The van der Waals surface area contributed by atoms with Gasteiger partial charge in [0.05, 0.1) is 13.7 Å². The molecule has 0 radical (unpaired) electrons. The van der Waals surface area contributed by atoms with Gasteiger partial charge in [-0.15, -0.1) is 0 Å². The van der Waals surface area contributed by atoms with Crippen molar-refractivity contribution in [2.75, 3.05) is 14.2 Å². The zero-order valence-electron chi connectivity index (χ0n) is 12.9. The van der Waals surface area contributed by atoms with E-state index < -0.39 is 10.0 Å². The van der Waals surface area contributed by atoms with Gasteiger partial charge in [0.2, 0.25) is 10.0 Å². The van der Waals surface area contributed by atoms with Gasteiger partial charge in [-0.1, -0.05) is 40.2 Å². The van der Waals surface area contributed by atoms with Crippen LogP contribution in [0.4, 0.5) is 0 Å². The molecule has 7 heteroatoms. The van der Waals surface area contributed by atoms with E-state index in [1.165, 1.54) is 13.2 Å². The van der Waals surface area contributed by atoms with E-state index in [1.807, 2.05) is 24.3 Å². The molecule has 0 aliphatic rings. The first kappa shape index (κ1) is 17.9. The largest absolute Gasteiger partial charge is 0.495 e. The third-order valence-electron chi connectivity index (χ3n) is 3.18. The molecule has 0 aromatic heterocycles. The summed E-state index contributed by atoms with van der Waals surface area (Å²) in [6, 6.07) is 12.4. The number of benzene rings is 2. The van der Waals surface area contributed by atoms with Crippen molar-refractivity contribution in [1.82, 2.24) is 4.72 Å². The normalized spacial score (nSPS) is 11.4. The van der Waals surface area contributed by atoms with E-state index in [2.05, 4.69) is 20.7 Å². The van der Waals surface area contributed by atoms with Gasteiger partial charge in [0.25, 0.3) is 0 Å². The van der Waals surface area contributed by atoms with Crippen molar-refractivity contribution in [2.45, 2.75) is 18.0 Å².